The fraction of sp³-hybridized carbons (Fsp3) is 0.292. The Kier molecular flexibility index (Phi) is 10.0. The molecule has 2 aromatic carbocycles. The Hall–Kier alpha value is -3.45. The van der Waals surface area contributed by atoms with E-state index in [1.807, 2.05) is 39.0 Å². The number of hydrogen-bond donors (Lipinski definition) is 2. The second kappa shape index (κ2) is 12.7. The van der Waals surface area contributed by atoms with Gasteiger partial charge in [0.1, 0.15) is 11.8 Å². The Balaban J connectivity index is 0.00000199. The molecule has 0 unspecified atom stereocenters. The molecule has 0 aliphatic carbocycles. The van der Waals surface area contributed by atoms with Crippen LogP contribution in [-0.4, -0.2) is 24.2 Å². The fourth-order valence-electron chi connectivity index (χ4n) is 2.85. The number of rotatable bonds is 8. The molecule has 0 aliphatic heterocycles. The highest BCUT2D eigenvalue weighted by Crippen LogP contribution is 2.31. The predicted octanol–water partition coefficient (Wildman–Crippen LogP) is 6.03. The average molecular weight is 491 g/mol. The monoisotopic (exact) mass is 490 g/mol. The van der Waals surface area contributed by atoms with E-state index in [0.717, 1.165) is 22.7 Å². The van der Waals surface area contributed by atoms with Crippen molar-refractivity contribution in [3.8, 4) is 6.07 Å². The number of benzene rings is 2. The minimum absolute atomic E-state index is 0.115. The van der Waals surface area contributed by atoms with Crippen LogP contribution in [-0.2, 0) is 11.9 Å². The molecule has 0 fully saturated rings. The lowest BCUT2D eigenvalue weighted by Gasteiger charge is -2.13. The number of carbonyl (C=O) groups excluding carboxylic acids is 1. The van der Waals surface area contributed by atoms with Gasteiger partial charge in [-0.15, -0.1) is 11.8 Å². The minimum Gasteiger partial charge on any atom is -0.382 e. The number of nitriles is 1. The van der Waals surface area contributed by atoms with E-state index in [4.69, 9.17) is 9.78 Å². The number of halogens is 3. The molecular formula is C24H25F3N4O2S. The minimum atomic E-state index is -4.52. The number of aryl methyl sites for hydroxylation is 1. The molecule has 1 aromatic heterocycles. The summed E-state index contributed by atoms with van der Waals surface area (Å²) < 4.78 is 43.6. The molecule has 180 valence electrons. The van der Waals surface area contributed by atoms with Crippen LogP contribution >= 0.6 is 11.8 Å². The zero-order chi connectivity index (χ0) is 25.1. The summed E-state index contributed by atoms with van der Waals surface area (Å²) >= 11 is 1.45. The number of thioether (sulfide) groups is 1. The number of hydrogen-bond acceptors (Lipinski definition) is 6. The molecule has 2 N–H and O–H groups in total. The molecule has 0 atom stereocenters. The zero-order valence-corrected chi connectivity index (χ0v) is 19.8. The van der Waals surface area contributed by atoms with Crippen LogP contribution in [0.5, 0.6) is 0 Å². The Morgan fingerprint density at radius 1 is 1.15 bits per heavy atom. The third kappa shape index (κ3) is 7.56. The highest BCUT2D eigenvalue weighted by atomic mass is 32.2. The molecule has 6 nitrogen and oxygen atoms in total. The molecule has 0 spiro atoms. The van der Waals surface area contributed by atoms with E-state index in [1.54, 1.807) is 18.2 Å². The van der Waals surface area contributed by atoms with Gasteiger partial charge in [-0.25, -0.2) is 0 Å². The Labute approximate surface area is 200 Å². The van der Waals surface area contributed by atoms with Crippen LogP contribution in [0, 0.1) is 18.3 Å². The number of alkyl halides is 3. The highest BCUT2D eigenvalue weighted by molar-refractivity contribution is 7.98. The lowest BCUT2D eigenvalue weighted by Crippen LogP contribution is -2.29. The second-order valence-electron chi connectivity index (χ2n) is 6.77. The smallest absolute Gasteiger partial charge is 0.382 e. The van der Waals surface area contributed by atoms with Crippen LogP contribution in [0.15, 0.2) is 57.9 Å². The van der Waals surface area contributed by atoms with Gasteiger partial charge in [-0.05, 0) is 37.3 Å². The number of nitrogens with one attached hydrogen (secondary N) is 2. The van der Waals surface area contributed by atoms with Crippen molar-refractivity contribution in [3.63, 3.8) is 0 Å². The summed E-state index contributed by atoms with van der Waals surface area (Å²) in [6.07, 6.45) is -4.52. The van der Waals surface area contributed by atoms with Crippen molar-refractivity contribution < 1.29 is 22.5 Å². The van der Waals surface area contributed by atoms with E-state index >= 15 is 0 Å². The first-order valence-electron chi connectivity index (χ1n) is 10.6. The van der Waals surface area contributed by atoms with E-state index in [2.05, 4.69) is 15.8 Å². The van der Waals surface area contributed by atoms with Gasteiger partial charge in [0.05, 0.1) is 33.8 Å². The Bertz CT molecular complexity index is 1140. The molecule has 0 radical (unpaired) electrons. The van der Waals surface area contributed by atoms with Gasteiger partial charge in [-0.3, -0.25) is 4.79 Å². The SMILES string of the molecule is CC.Cc1cc(CSc2ccccc2C(=O)NCCNc2ccc(C(F)(F)F)cc2C#N)on1. The summed E-state index contributed by atoms with van der Waals surface area (Å²) in [7, 11) is 0. The quantitative estimate of drug-likeness (QED) is 0.296. The van der Waals surface area contributed by atoms with Gasteiger partial charge in [0.2, 0.25) is 0 Å². The predicted molar refractivity (Wildman–Crippen MR) is 126 cm³/mol. The number of aromatic nitrogens is 1. The fourth-order valence-corrected chi connectivity index (χ4v) is 3.77. The van der Waals surface area contributed by atoms with Gasteiger partial charge < -0.3 is 15.2 Å². The number of nitrogens with zero attached hydrogens (tertiary/aromatic N) is 2. The van der Waals surface area contributed by atoms with Gasteiger partial charge in [-0.2, -0.15) is 18.4 Å². The van der Waals surface area contributed by atoms with Gasteiger partial charge in [0.15, 0.2) is 0 Å². The van der Waals surface area contributed by atoms with Crippen LogP contribution in [0.1, 0.15) is 46.8 Å². The van der Waals surface area contributed by atoms with Gasteiger partial charge in [0.25, 0.3) is 5.91 Å². The largest absolute Gasteiger partial charge is 0.416 e. The van der Waals surface area contributed by atoms with Crippen LogP contribution in [0.4, 0.5) is 18.9 Å². The number of amides is 1. The first kappa shape index (κ1) is 26.8. The van der Waals surface area contributed by atoms with Crippen molar-refractivity contribution >= 4 is 23.4 Å². The average Bonchev–Trinajstić information content (AvgIpc) is 3.26. The van der Waals surface area contributed by atoms with Crippen molar-refractivity contribution in [2.75, 3.05) is 18.4 Å². The van der Waals surface area contributed by atoms with E-state index in [1.165, 1.54) is 17.8 Å². The molecule has 0 bridgehead atoms. The first-order valence-corrected chi connectivity index (χ1v) is 11.5. The van der Waals surface area contributed by atoms with Crippen molar-refractivity contribution in [1.29, 1.82) is 5.26 Å². The standard InChI is InChI=1S/C22H19F3N4O2S.C2H6/c1-14-10-17(31-29-14)13-32-20-5-3-2-4-18(20)21(30)28-9-8-27-19-7-6-16(22(23,24)25)11-15(19)12-26;1-2/h2-7,10-11,27H,8-9,13H2,1H3,(H,28,30);1-2H3. The summed E-state index contributed by atoms with van der Waals surface area (Å²) in [5.41, 5.74) is 0.554. The normalized spacial score (nSPS) is 10.6. The summed E-state index contributed by atoms with van der Waals surface area (Å²) in [5, 5.41) is 18.6. The molecule has 0 saturated carbocycles. The van der Waals surface area contributed by atoms with Crippen LogP contribution in [0.25, 0.3) is 0 Å². The van der Waals surface area contributed by atoms with Crippen LogP contribution < -0.4 is 10.6 Å². The summed E-state index contributed by atoms with van der Waals surface area (Å²) in [6.45, 7) is 6.28. The zero-order valence-electron chi connectivity index (χ0n) is 19.0. The molecule has 0 aliphatic rings. The lowest BCUT2D eigenvalue weighted by atomic mass is 10.1. The molecule has 1 amide bonds. The number of anilines is 1. The molecule has 0 saturated heterocycles. The molecule has 10 heteroatoms. The molecule has 3 rings (SSSR count). The van der Waals surface area contributed by atoms with Crippen LogP contribution in [0.2, 0.25) is 0 Å². The van der Waals surface area contributed by atoms with Crippen LogP contribution in [0.3, 0.4) is 0 Å². The third-order valence-electron chi connectivity index (χ3n) is 4.37. The van der Waals surface area contributed by atoms with Crippen molar-refractivity contribution in [2.24, 2.45) is 0 Å². The Morgan fingerprint density at radius 2 is 1.88 bits per heavy atom. The third-order valence-corrected chi connectivity index (χ3v) is 5.47. The summed E-state index contributed by atoms with van der Waals surface area (Å²) in [6, 6.07) is 13.6. The number of carbonyl (C=O) groups is 1. The van der Waals surface area contributed by atoms with Gasteiger partial charge in [0, 0.05) is 24.1 Å². The van der Waals surface area contributed by atoms with E-state index < -0.39 is 11.7 Å². The van der Waals surface area contributed by atoms with E-state index in [9.17, 15) is 18.0 Å². The van der Waals surface area contributed by atoms with Crippen molar-refractivity contribution in [1.82, 2.24) is 10.5 Å². The highest BCUT2D eigenvalue weighted by Gasteiger charge is 2.31. The maximum Gasteiger partial charge on any atom is 0.416 e. The first-order chi connectivity index (χ1) is 16.3. The molecule has 1 heterocycles. The molecular weight excluding hydrogens is 465 g/mol. The van der Waals surface area contributed by atoms with Crippen molar-refractivity contribution in [2.45, 2.75) is 37.6 Å². The van der Waals surface area contributed by atoms with Crippen molar-refractivity contribution in [3.05, 3.63) is 76.7 Å². The maximum absolute atomic E-state index is 12.8. The lowest BCUT2D eigenvalue weighted by molar-refractivity contribution is -0.137. The summed E-state index contributed by atoms with van der Waals surface area (Å²) in [4.78, 5) is 13.4. The second-order valence-corrected chi connectivity index (χ2v) is 7.79. The van der Waals surface area contributed by atoms with E-state index in [-0.39, 0.29) is 30.2 Å². The summed E-state index contributed by atoms with van der Waals surface area (Å²) in [5.74, 6) is 0.950. The topological polar surface area (TPSA) is 91.0 Å². The molecule has 34 heavy (non-hydrogen) atoms. The Morgan fingerprint density at radius 3 is 2.53 bits per heavy atom. The maximum atomic E-state index is 12.8. The van der Waals surface area contributed by atoms with E-state index in [0.29, 0.717) is 17.1 Å². The van der Waals surface area contributed by atoms with Gasteiger partial charge in [-0.1, -0.05) is 31.1 Å². The molecule has 3 aromatic rings. The van der Waals surface area contributed by atoms with Gasteiger partial charge >= 0.3 is 6.18 Å².